The van der Waals surface area contributed by atoms with Crippen molar-refractivity contribution >= 4 is 11.6 Å². The van der Waals surface area contributed by atoms with Gasteiger partial charge in [0.15, 0.2) is 0 Å². The first kappa shape index (κ1) is 19.2. The lowest BCUT2D eigenvalue weighted by atomic mass is 9.89. The second kappa shape index (κ2) is 7.83. The SMILES string of the molecule is CC(C)[C@](C)(C#N)NC(=O)[C@H](C)N1CCN(c2ccc(F)cc2)CC1. The molecule has 5 nitrogen and oxygen atoms in total. The van der Waals surface area contributed by atoms with Gasteiger partial charge in [0.25, 0.3) is 0 Å². The van der Waals surface area contributed by atoms with Crippen molar-refractivity contribution in [2.45, 2.75) is 39.3 Å². The van der Waals surface area contributed by atoms with Gasteiger partial charge in [-0.15, -0.1) is 0 Å². The molecule has 1 N–H and O–H groups in total. The summed E-state index contributed by atoms with van der Waals surface area (Å²) in [6.45, 7) is 10.5. The number of hydrogen-bond donors (Lipinski definition) is 1. The summed E-state index contributed by atoms with van der Waals surface area (Å²) in [4.78, 5) is 16.9. The maximum Gasteiger partial charge on any atom is 0.238 e. The predicted molar refractivity (Wildman–Crippen MR) is 96.6 cm³/mol. The fourth-order valence-corrected chi connectivity index (χ4v) is 2.85. The van der Waals surface area contributed by atoms with Gasteiger partial charge in [0, 0.05) is 31.9 Å². The topological polar surface area (TPSA) is 59.4 Å². The van der Waals surface area contributed by atoms with Crippen LogP contribution in [-0.4, -0.2) is 48.6 Å². The number of piperazine rings is 1. The van der Waals surface area contributed by atoms with Gasteiger partial charge in [-0.1, -0.05) is 13.8 Å². The molecular weight excluding hydrogens is 319 g/mol. The van der Waals surface area contributed by atoms with Crippen molar-refractivity contribution in [1.29, 1.82) is 5.26 Å². The summed E-state index contributed by atoms with van der Waals surface area (Å²) in [5, 5.41) is 12.3. The summed E-state index contributed by atoms with van der Waals surface area (Å²) in [7, 11) is 0. The number of nitrogens with zero attached hydrogens (tertiary/aromatic N) is 3. The van der Waals surface area contributed by atoms with E-state index in [0.717, 1.165) is 31.9 Å². The third-order valence-corrected chi connectivity index (χ3v) is 5.20. The zero-order chi connectivity index (χ0) is 18.6. The number of anilines is 1. The minimum atomic E-state index is -0.860. The van der Waals surface area contributed by atoms with Crippen molar-refractivity contribution in [2.75, 3.05) is 31.1 Å². The molecule has 0 saturated carbocycles. The van der Waals surface area contributed by atoms with Crippen LogP contribution in [0.1, 0.15) is 27.7 Å². The first-order valence-electron chi connectivity index (χ1n) is 8.74. The zero-order valence-corrected chi connectivity index (χ0v) is 15.4. The fraction of sp³-hybridized carbons (Fsp3) is 0.579. The molecule has 1 aliphatic rings. The van der Waals surface area contributed by atoms with Crippen LogP contribution in [0.2, 0.25) is 0 Å². The number of halogens is 1. The van der Waals surface area contributed by atoms with E-state index in [4.69, 9.17) is 0 Å². The molecule has 0 radical (unpaired) electrons. The number of rotatable bonds is 5. The number of nitrogens with one attached hydrogen (secondary N) is 1. The molecule has 1 fully saturated rings. The van der Waals surface area contributed by atoms with E-state index in [-0.39, 0.29) is 23.7 Å². The molecule has 136 valence electrons. The van der Waals surface area contributed by atoms with Gasteiger partial charge in [-0.3, -0.25) is 9.69 Å². The van der Waals surface area contributed by atoms with Crippen molar-refractivity contribution in [1.82, 2.24) is 10.2 Å². The van der Waals surface area contributed by atoms with Gasteiger partial charge in [-0.05, 0) is 44.0 Å². The van der Waals surface area contributed by atoms with Crippen LogP contribution in [0.3, 0.4) is 0 Å². The van der Waals surface area contributed by atoms with Crippen molar-refractivity contribution in [3.8, 4) is 6.07 Å². The molecule has 0 aliphatic carbocycles. The molecule has 1 saturated heterocycles. The fourth-order valence-electron chi connectivity index (χ4n) is 2.85. The third kappa shape index (κ3) is 4.49. The Hall–Kier alpha value is -2.13. The summed E-state index contributed by atoms with van der Waals surface area (Å²) in [5.41, 5.74) is 0.136. The van der Waals surface area contributed by atoms with E-state index in [1.54, 1.807) is 19.1 Å². The van der Waals surface area contributed by atoms with Crippen molar-refractivity contribution in [2.24, 2.45) is 5.92 Å². The summed E-state index contributed by atoms with van der Waals surface area (Å²) >= 11 is 0. The standard InChI is InChI=1S/C19H27FN4O/c1-14(2)19(4,13-21)22-18(25)15(3)23-9-11-24(12-10-23)17-7-5-16(20)6-8-17/h5-8,14-15H,9-12H2,1-4H3,(H,22,25)/t15-,19-/m0/s1. The van der Waals surface area contributed by atoms with Gasteiger partial charge >= 0.3 is 0 Å². The minimum absolute atomic E-state index is 0.0315. The lowest BCUT2D eigenvalue weighted by Gasteiger charge is -2.39. The molecule has 0 spiro atoms. The van der Waals surface area contributed by atoms with Crippen LogP contribution in [0.5, 0.6) is 0 Å². The molecule has 1 aromatic rings. The van der Waals surface area contributed by atoms with E-state index in [0.29, 0.717) is 0 Å². The largest absolute Gasteiger partial charge is 0.369 e. The van der Waals surface area contributed by atoms with E-state index in [9.17, 15) is 14.4 Å². The second-order valence-corrected chi connectivity index (χ2v) is 7.13. The third-order valence-electron chi connectivity index (χ3n) is 5.20. The van der Waals surface area contributed by atoms with Crippen molar-refractivity contribution < 1.29 is 9.18 Å². The van der Waals surface area contributed by atoms with E-state index >= 15 is 0 Å². The summed E-state index contributed by atoms with van der Waals surface area (Å²) in [6.07, 6.45) is 0. The highest BCUT2D eigenvalue weighted by Gasteiger charge is 2.33. The Morgan fingerprint density at radius 1 is 1.20 bits per heavy atom. The number of carbonyl (C=O) groups is 1. The Bertz CT molecular complexity index is 632. The van der Waals surface area contributed by atoms with E-state index < -0.39 is 5.54 Å². The van der Waals surface area contributed by atoms with Gasteiger partial charge in [-0.2, -0.15) is 5.26 Å². The van der Waals surface area contributed by atoms with Crippen LogP contribution in [0, 0.1) is 23.1 Å². The smallest absolute Gasteiger partial charge is 0.238 e. The quantitative estimate of drug-likeness (QED) is 0.889. The molecule has 6 heteroatoms. The number of nitriles is 1. The first-order chi connectivity index (χ1) is 11.8. The maximum atomic E-state index is 13.0. The van der Waals surface area contributed by atoms with Gasteiger partial charge in [0.1, 0.15) is 11.4 Å². The number of benzene rings is 1. The number of carbonyl (C=O) groups excluding carboxylic acids is 1. The Morgan fingerprint density at radius 3 is 2.24 bits per heavy atom. The predicted octanol–water partition coefficient (Wildman–Crippen LogP) is 2.39. The maximum absolute atomic E-state index is 13.0. The number of hydrogen-bond acceptors (Lipinski definition) is 4. The highest BCUT2D eigenvalue weighted by Crippen LogP contribution is 2.19. The molecule has 1 amide bonds. The van der Waals surface area contributed by atoms with Crippen LogP contribution >= 0.6 is 0 Å². The molecular formula is C19H27FN4O. The Balaban J connectivity index is 1.92. The van der Waals surface area contributed by atoms with Gasteiger partial charge in [0.2, 0.25) is 5.91 Å². The Morgan fingerprint density at radius 2 is 1.76 bits per heavy atom. The van der Waals surface area contributed by atoms with Crippen LogP contribution in [0.25, 0.3) is 0 Å². The highest BCUT2D eigenvalue weighted by molar-refractivity contribution is 5.82. The van der Waals surface area contributed by atoms with Crippen molar-refractivity contribution in [3.05, 3.63) is 30.1 Å². The normalized spacial score (nSPS) is 19.2. The molecule has 2 atom stereocenters. The van der Waals surface area contributed by atoms with E-state index in [1.807, 2.05) is 20.8 Å². The molecule has 25 heavy (non-hydrogen) atoms. The molecule has 0 bridgehead atoms. The highest BCUT2D eigenvalue weighted by atomic mass is 19.1. The van der Waals surface area contributed by atoms with Gasteiger partial charge in [0.05, 0.1) is 12.1 Å². The lowest BCUT2D eigenvalue weighted by Crippen LogP contribution is -2.58. The van der Waals surface area contributed by atoms with Crippen LogP contribution in [0.4, 0.5) is 10.1 Å². The summed E-state index contributed by atoms with van der Waals surface area (Å²) in [5.74, 6) is -0.324. The summed E-state index contributed by atoms with van der Waals surface area (Å²) in [6, 6.07) is 8.41. The van der Waals surface area contributed by atoms with Gasteiger partial charge in [-0.25, -0.2) is 4.39 Å². The molecule has 2 rings (SSSR count). The van der Waals surface area contributed by atoms with Gasteiger partial charge < -0.3 is 10.2 Å². The van der Waals surface area contributed by atoms with Crippen LogP contribution < -0.4 is 10.2 Å². The average molecular weight is 346 g/mol. The molecule has 1 aromatic carbocycles. The summed E-state index contributed by atoms with van der Waals surface area (Å²) < 4.78 is 13.0. The Kier molecular flexibility index (Phi) is 6.02. The lowest BCUT2D eigenvalue weighted by molar-refractivity contribution is -0.127. The molecule has 1 aliphatic heterocycles. The number of amides is 1. The first-order valence-corrected chi connectivity index (χ1v) is 8.74. The monoisotopic (exact) mass is 346 g/mol. The van der Waals surface area contributed by atoms with E-state index in [2.05, 4.69) is 21.2 Å². The minimum Gasteiger partial charge on any atom is -0.369 e. The van der Waals surface area contributed by atoms with Crippen molar-refractivity contribution in [3.63, 3.8) is 0 Å². The van der Waals surface area contributed by atoms with Crippen LogP contribution in [-0.2, 0) is 4.79 Å². The van der Waals surface area contributed by atoms with E-state index in [1.165, 1.54) is 12.1 Å². The molecule has 0 unspecified atom stereocenters. The molecule has 1 heterocycles. The Labute approximate surface area is 149 Å². The molecule has 0 aromatic heterocycles. The van der Waals surface area contributed by atoms with Crippen LogP contribution in [0.15, 0.2) is 24.3 Å². The average Bonchev–Trinajstić information content (AvgIpc) is 2.61. The zero-order valence-electron chi connectivity index (χ0n) is 15.4. The second-order valence-electron chi connectivity index (χ2n) is 7.13.